The fourth-order valence-corrected chi connectivity index (χ4v) is 3.64. The van der Waals surface area contributed by atoms with Crippen molar-refractivity contribution < 1.29 is 0 Å². The van der Waals surface area contributed by atoms with Crippen molar-refractivity contribution in [3.8, 4) is 0 Å². The Morgan fingerprint density at radius 2 is 1.76 bits per heavy atom. The first-order valence-electron chi connectivity index (χ1n) is 7.39. The average Bonchev–Trinajstić information content (AvgIpc) is 2.54. The van der Waals surface area contributed by atoms with Crippen LogP contribution in [0.4, 0.5) is 11.4 Å². The first-order chi connectivity index (χ1) is 10.3. The maximum Gasteiger partial charge on any atom is 0.0739 e. The fraction of sp³-hybridized carbons (Fsp3) is 0.375. The normalized spacial score (nSPS) is 13.2. The Balaban J connectivity index is 1.91. The van der Waals surface area contributed by atoms with Crippen LogP contribution in [0.3, 0.4) is 0 Å². The topological polar surface area (TPSA) is 32.3 Å². The van der Waals surface area contributed by atoms with E-state index in [1.165, 1.54) is 21.2 Å². The van der Waals surface area contributed by atoms with Gasteiger partial charge in [0.1, 0.15) is 0 Å². The molecule has 0 aliphatic carbocycles. The second-order valence-electron chi connectivity index (χ2n) is 4.97. The zero-order valence-corrected chi connectivity index (χ0v) is 13.3. The summed E-state index contributed by atoms with van der Waals surface area (Å²) in [6, 6.07) is 4.18. The van der Waals surface area contributed by atoms with Gasteiger partial charge in [0.25, 0.3) is 0 Å². The Hall–Kier alpha value is -1.59. The van der Waals surface area contributed by atoms with Crippen LogP contribution in [0.5, 0.6) is 0 Å². The summed E-state index contributed by atoms with van der Waals surface area (Å²) in [6.45, 7) is 8.61. The van der Waals surface area contributed by atoms with Crippen LogP contribution in [0.2, 0.25) is 0 Å². The summed E-state index contributed by atoms with van der Waals surface area (Å²) in [5, 5.41) is 0. The lowest BCUT2D eigenvalue weighted by Crippen LogP contribution is -2.33. The van der Waals surface area contributed by atoms with Gasteiger partial charge in [0.05, 0.1) is 22.5 Å². The molecule has 0 N–H and O–H groups in total. The highest BCUT2D eigenvalue weighted by atomic mass is 32.2. The van der Waals surface area contributed by atoms with Crippen LogP contribution >= 0.6 is 11.8 Å². The van der Waals surface area contributed by atoms with Crippen LogP contribution in [-0.2, 0) is 0 Å². The summed E-state index contributed by atoms with van der Waals surface area (Å²) in [4.78, 5) is 15.8. The highest BCUT2D eigenvalue weighted by Gasteiger charge is 2.23. The molecule has 0 saturated heterocycles. The van der Waals surface area contributed by atoms with Gasteiger partial charge in [0.15, 0.2) is 0 Å². The molecule has 2 aromatic heterocycles. The molecule has 3 heterocycles. The molecule has 1 aliphatic rings. The second kappa shape index (κ2) is 6.45. The minimum atomic E-state index is 0.970. The number of anilines is 2. The highest BCUT2D eigenvalue weighted by molar-refractivity contribution is 7.99. The highest BCUT2D eigenvalue weighted by Crippen LogP contribution is 2.46. The van der Waals surface area contributed by atoms with E-state index in [2.05, 4.69) is 45.7 Å². The zero-order chi connectivity index (χ0) is 14.7. The summed E-state index contributed by atoms with van der Waals surface area (Å²) in [6.07, 6.45) is 7.64. The van der Waals surface area contributed by atoms with Crippen molar-refractivity contribution >= 4 is 23.1 Å². The Morgan fingerprint density at radius 1 is 1.00 bits per heavy atom. The molecule has 4 nitrogen and oxygen atoms in total. The molecule has 2 aromatic rings. The van der Waals surface area contributed by atoms with Crippen molar-refractivity contribution in [2.75, 3.05) is 31.1 Å². The maximum absolute atomic E-state index is 4.30. The molecule has 21 heavy (non-hydrogen) atoms. The molecule has 0 saturated carbocycles. The third-order valence-corrected chi connectivity index (χ3v) is 4.96. The van der Waals surface area contributed by atoms with Crippen molar-refractivity contribution in [2.24, 2.45) is 0 Å². The lowest BCUT2D eigenvalue weighted by atomic mass is 10.2. The Labute approximate surface area is 130 Å². The van der Waals surface area contributed by atoms with Gasteiger partial charge in [0.2, 0.25) is 0 Å². The number of pyridine rings is 2. The molecule has 3 rings (SSSR count). The first-order valence-corrected chi connectivity index (χ1v) is 8.21. The van der Waals surface area contributed by atoms with Crippen LogP contribution in [-0.4, -0.2) is 41.0 Å². The minimum absolute atomic E-state index is 0.970. The molecule has 0 spiro atoms. The lowest BCUT2D eigenvalue weighted by molar-refractivity contribution is 0.312. The van der Waals surface area contributed by atoms with Crippen LogP contribution in [0.1, 0.15) is 13.8 Å². The summed E-state index contributed by atoms with van der Waals surface area (Å²) >= 11 is 1.77. The summed E-state index contributed by atoms with van der Waals surface area (Å²) in [5.74, 6) is 0. The number of nitrogens with zero attached hydrogens (tertiary/aromatic N) is 4. The van der Waals surface area contributed by atoms with E-state index < -0.39 is 0 Å². The molecule has 110 valence electrons. The molecule has 0 unspecified atom stereocenters. The molecule has 0 fully saturated rings. The van der Waals surface area contributed by atoms with Gasteiger partial charge in [-0.1, -0.05) is 25.6 Å². The van der Waals surface area contributed by atoms with Crippen LogP contribution in [0.25, 0.3) is 0 Å². The van der Waals surface area contributed by atoms with Crippen LogP contribution in [0, 0.1) is 0 Å². The smallest absolute Gasteiger partial charge is 0.0739 e. The largest absolute Gasteiger partial charge is 0.337 e. The van der Waals surface area contributed by atoms with Gasteiger partial charge in [-0.05, 0) is 25.2 Å². The summed E-state index contributed by atoms with van der Waals surface area (Å²) in [5.41, 5.74) is 2.44. The van der Waals surface area contributed by atoms with Gasteiger partial charge in [-0.2, -0.15) is 0 Å². The molecular formula is C16H20N4S. The molecule has 0 bridgehead atoms. The van der Waals surface area contributed by atoms with E-state index in [0.717, 1.165) is 26.2 Å². The van der Waals surface area contributed by atoms with Gasteiger partial charge < -0.3 is 9.80 Å². The number of rotatable bonds is 5. The second-order valence-corrected chi connectivity index (χ2v) is 6.05. The van der Waals surface area contributed by atoms with E-state index in [0.29, 0.717) is 0 Å². The standard InChI is InChI=1S/C16H20N4S/c1-3-19(4-2)9-10-20-13-5-7-18-12-16(13)21-15-6-8-17-11-14(15)20/h5-8,11-12H,3-4,9-10H2,1-2H3. The van der Waals surface area contributed by atoms with Crippen LogP contribution < -0.4 is 4.90 Å². The molecular weight excluding hydrogens is 280 g/mol. The van der Waals surface area contributed by atoms with Gasteiger partial charge in [-0.25, -0.2) is 0 Å². The van der Waals surface area contributed by atoms with Gasteiger partial charge >= 0.3 is 0 Å². The fourth-order valence-electron chi connectivity index (χ4n) is 2.61. The van der Waals surface area contributed by atoms with E-state index in [9.17, 15) is 0 Å². The third kappa shape index (κ3) is 2.89. The predicted molar refractivity (Wildman–Crippen MR) is 87.4 cm³/mol. The SMILES string of the molecule is CCN(CC)CCN1c2ccncc2Sc2ccncc21. The monoisotopic (exact) mass is 300 g/mol. The van der Waals surface area contributed by atoms with Gasteiger partial charge in [-0.3, -0.25) is 9.97 Å². The van der Waals surface area contributed by atoms with Crippen molar-refractivity contribution in [1.29, 1.82) is 0 Å². The third-order valence-electron chi connectivity index (χ3n) is 3.86. The zero-order valence-electron chi connectivity index (χ0n) is 12.5. The van der Waals surface area contributed by atoms with Gasteiger partial charge in [-0.15, -0.1) is 0 Å². The van der Waals surface area contributed by atoms with Crippen molar-refractivity contribution in [2.45, 2.75) is 23.6 Å². The first kappa shape index (κ1) is 14.4. The summed E-state index contributed by atoms with van der Waals surface area (Å²) < 4.78 is 0. The Bertz CT molecular complexity index is 567. The molecule has 0 atom stereocenters. The maximum atomic E-state index is 4.30. The van der Waals surface area contributed by atoms with Crippen molar-refractivity contribution in [1.82, 2.24) is 14.9 Å². The Morgan fingerprint density at radius 3 is 2.57 bits per heavy atom. The minimum Gasteiger partial charge on any atom is -0.337 e. The molecule has 0 radical (unpaired) electrons. The van der Waals surface area contributed by atoms with Crippen LogP contribution in [0.15, 0.2) is 46.7 Å². The summed E-state index contributed by atoms with van der Waals surface area (Å²) in [7, 11) is 0. The number of aromatic nitrogens is 2. The molecule has 0 amide bonds. The number of hydrogen-bond acceptors (Lipinski definition) is 5. The lowest BCUT2D eigenvalue weighted by Gasteiger charge is -2.33. The van der Waals surface area contributed by atoms with E-state index in [1.54, 1.807) is 11.8 Å². The Kier molecular flexibility index (Phi) is 4.41. The van der Waals surface area contributed by atoms with E-state index in [4.69, 9.17) is 0 Å². The average molecular weight is 300 g/mol. The quantitative estimate of drug-likeness (QED) is 0.845. The predicted octanol–water partition coefficient (Wildman–Crippen LogP) is 3.42. The van der Waals surface area contributed by atoms with E-state index in [-0.39, 0.29) is 0 Å². The number of hydrogen-bond donors (Lipinski definition) is 0. The van der Waals surface area contributed by atoms with Crippen molar-refractivity contribution in [3.05, 3.63) is 36.9 Å². The number of fused-ring (bicyclic) bond motifs is 2. The van der Waals surface area contributed by atoms with E-state index >= 15 is 0 Å². The molecule has 0 aromatic carbocycles. The number of likely N-dealkylation sites (N-methyl/N-ethyl adjacent to an activating group) is 1. The van der Waals surface area contributed by atoms with Gasteiger partial charge in [0, 0.05) is 36.6 Å². The van der Waals surface area contributed by atoms with E-state index in [1.807, 2.05) is 24.8 Å². The molecule has 1 aliphatic heterocycles. The van der Waals surface area contributed by atoms with Crippen molar-refractivity contribution in [3.63, 3.8) is 0 Å². The molecule has 5 heteroatoms.